The third-order valence-electron chi connectivity index (χ3n) is 7.20. The molecule has 35 heavy (non-hydrogen) atoms. The standard InChI is InChI=1S/C26H41NO7Si/c1-8-30-21(28)15-19(16-33-35(6,7)26(3,4)5)22-23(34-22)24-27(25(29)31-9-2)20(17-32-24)18-13-11-10-12-14-18/h10-14,19-20,22-24H,8-9,15-17H2,1-7H3/t19-,20-,22-,23+,24+/m0/s1. The van der Waals surface area contributed by atoms with E-state index in [0.717, 1.165) is 5.56 Å². The van der Waals surface area contributed by atoms with E-state index in [1.54, 1.807) is 18.7 Å². The molecule has 0 bridgehead atoms. The van der Waals surface area contributed by atoms with Crippen molar-refractivity contribution in [2.24, 2.45) is 5.92 Å². The summed E-state index contributed by atoms with van der Waals surface area (Å²) in [6, 6.07) is 9.51. The van der Waals surface area contributed by atoms with Crippen molar-refractivity contribution in [1.82, 2.24) is 4.90 Å². The molecule has 2 saturated heterocycles. The first kappa shape index (κ1) is 27.6. The van der Waals surface area contributed by atoms with Crippen LogP contribution in [0.4, 0.5) is 4.79 Å². The SMILES string of the molecule is CCOC(=O)C[C@@H](CO[Si](C)(C)C(C)(C)C)[C@@H]1O[C@H]1[C@H]1OC[C@@H](c2ccccc2)N1C(=O)OCC. The summed E-state index contributed by atoms with van der Waals surface area (Å²) in [5.41, 5.74) is 0.976. The Bertz CT molecular complexity index is 857. The van der Waals surface area contributed by atoms with Crippen molar-refractivity contribution in [3.63, 3.8) is 0 Å². The van der Waals surface area contributed by atoms with Gasteiger partial charge in [0.1, 0.15) is 6.10 Å². The Morgan fingerprint density at radius 3 is 2.37 bits per heavy atom. The van der Waals surface area contributed by atoms with Crippen molar-refractivity contribution >= 4 is 20.4 Å². The van der Waals surface area contributed by atoms with Gasteiger partial charge in [0.25, 0.3) is 0 Å². The second-order valence-electron chi connectivity index (χ2n) is 10.7. The van der Waals surface area contributed by atoms with Gasteiger partial charge in [-0.2, -0.15) is 0 Å². The third-order valence-corrected chi connectivity index (χ3v) is 11.7. The number of benzene rings is 1. The molecule has 1 aromatic carbocycles. The summed E-state index contributed by atoms with van der Waals surface area (Å²) in [5, 5.41) is 0.0451. The van der Waals surface area contributed by atoms with Gasteiger partial charge in [0.15, 0.2) is 14.5 Å². The fourth-order valence-electron chi connectivity index (χ4n) is 4.12. The molecule has 3 rings (SSSR count). The molecule has 1 amide bonds. The molecule has 8 nitrogen and oxygen atoms in total. The molecule has 0 saturated carbocycles. The third kappa shape index (κ3) is 6.64. The molecule has 0 aliphatic carbocycles. The van der Waals surface area contributed by atoms with Crippen LogP contribution in [-0.4, -0.2) is 70.1 Å². The average Bonchev–Trinajstić information content (AvgIpc) is 3.46. The Morgan fingerprint density at radius 2 is 1.77 bits per heavy atom. The molecule has 2 heterocycles. The minimum Gasteiger partial charge on any atom is -0.466 e. The number of rotatable bonds is 10. The fraction of sp³-hybridized carbons (Fsp3) is 0.692. The number of carbonyl (C=O) groups is 2. The molecule has 196 valence electrons. The molecule has 2 aliphatic rings. The lowest BCUT2D eigenvalue weighted by Crippen LogP contribution is -2.44. The van der Waals surface area contributed by atoms with Gasteiger partial charge in [-0.3, -0.25) is 9.69 Å². The topological polar surface area (TPSA) is 86.8 Å². The van der Waals surface area contributed by atoms with Crippen molar-refractivity contribution in [3.8, 4) is 0 Å². The van der Waals surface area contributed by atoms with Gasteiger partial charge in [0.05, 0.1) is 38.4 Å². The number of hydrogen-bond donors (Lipinski definition) is 0. The highest BCUT2D eigenvalue weighted by molar-refractivity contribution is 6.74. The maximum atomic E-state index is 13.0. The monoisotopic (exact) mass is 507 g/mol. The molecule has 0 N–H and O–H groups in total. The van der Waals surface area contributed by atoms with Gasteiger partial charge in [0.2, 0.25) is 0 Å². The molecule has 2 aliphatic heterocycles. The number of carbonyl (C=O) groups excluding carboxylic acids is 2. The molecular formula is C26H41NO7Si. The Labute approximate surface area is 210 Å². The van der Waals surface area contributed by atoms with Crippen LogP contribution in [0.1, 0.15) is 52.6 Å². The number of hydrogen-bond acceptors (Lipinski definition) is 7. The molecule has 1 aromatic rings. The zero-order chi connectivity index (χ0) is 25.8. The maximum absolute atomic E-state index is 13.0. The Kier molecular flexibility index (Phi) is 9.01. The number of esters is 1. The van der Waals surface area contributed by atoms with Crippen LogP contribution in [0, 0.1) is 5.92 Å². The quantitative estimate of drug-likeness (QED) is 0.253. The highest BCUT2D eigenvalue weighted by Gasteiger charge is 2.57. The minimum absolute atomic E-state index is 0.0451. The van der Waals surface area contributed by atoms with Crippen LogP contribution in [0.2, 0.25) is 18.1 Å². The maximum Gasteiger partial charge on any atom is 0.412 e. The molecule has 9 heteroatoms. The lowest BCUT2D eigenvalue weighted by Gasteiger charge is -2.37. The van der Waals surface area contributed by atoms with Crippen LogP contribution in [0.25, 0.3) is 0 Å². The smallest absolute Gasteiger partial charge is 0.412 e. The van der Waals surface area contributed by atoms with Crippen molar-refractivity contribution < 1.29 is 33.0 Å². The summed E-state index contributed by atoms with van der Waals surface area (Å²) < 4.78 is 29.2. The second-order valence-corrected chi connectivity index (χ2v) is 15.5. The lowest BCUT2D eigenvalue weighted by molar-refractivity contribution is -0.144. The van der Waals surface area contributed by atoms with Crippen LogP contribution in [0.3, 0.4) is 0 Å². The van der Waals surface area contributed by atoms with Crippen molar-refractivity contribution in [1.29, 1.82) is 0 Å². The van der Waals surface area contributed by atoms with Crippen LogP contribution in [0.5, 0.6) is 0 Å². The second kappa shape index (κ2) is 11.4. The summed E-state index contributed by atoms with van der Waals surface area (Å²) in [5.74, 6) is -0.473. The van der Waals surface area contributed by atoms with E-state index in [-0.39, 0.29) is 48.2 Å². The first-order valence-corrected chi connectivity index (χ1v) is 15.5. The molecule has 0 spiro atoms. The van der Waals surface area contributed by atoms with E-state index in [1.165, 1.54) is 0 Å². The molecule has 5 atom stereocenters. The highest BCUT2D eigenvalue weighted by atomic mass is 28.4. The summed E-state index contributed by atoms with van der Waals surface area (Å²) in [6.45, 7) is 15.8. The first-order valence-electron chi connectivity index (χ1n) is 12.6. The van der Waals surface area contributed by atoms with E-state index < -0.39 is 20.6 Å². The molecule has 0 aromatic heterocycles. The average molecular weight is 508 g/mol. The largest absolute Gasteiger partial charge is 0.466 e. The number of ether oxygens (including phenoxy) is 4. The predicted octanol–water partition coefficient (Wildman–Crippen LogP) is 4.90. The normalized spacial score (nSPS) is 25.3. The van der Waals surface area contributed by atoms with E-state index in [4.69, 9.17) is 23.4 Å². The lowest BCUT2D eigenvalue weighted by atomic mass is 9.99. The molecule has 0 radical (unpaired) electrons. The minimum atomic E-state index is -2.03. The first-order chi connectivity index (χ1) is 16.5. The van der Waals surface area contributed by atoms with Gasteiger partial charge in [-0.05, 0) is 37.5 Å². The van der Waals surface area contributed by atoms with Gasteiger partial charge in [-0.15, -0.1) is 0 Å². The van der Waals surface area contributed by atoms with Crippen LogP contribution < -0.4 is 0 Å². The molecule has 2 fully saturated rings. The van der Waals surface area contributed by atoms with E-state index in [2.05, 4.69) is 33.9 Å². The van der Waals surface area contributed by atoms with Gasteiger partial charge < -0.3 is 23.4 Å². The highest BCUT2D eigenvalue weighted by Crippen LogP contribution is 2.44. The van der Waals surface area contributed by atoms with Crippen LogP contribution in [-0.2, 0) is 28.2 Å². The Hall–Kier alpha value is -1.94. The number of nitrogens with zero attached hydrogens (tertiary/aromatic N) is 1. The number of epoxide rings is 1. The van der Waals surface area contributed by atoms with Crippen molar-refractivity contribution in [2.45, 2.75) is 83.6 Å². The van der Waals surface area contributed by atoms with Gasteiger partial charge in [-0.1, -0.05) is 51.1 Å². The van der Waals surface area contributed by atoms with Crippen LogP contribution >= 0.6 is 0 Å². The van der Waals surface area contributed by atoms with Crippen LogP contribution in [0.15, 0.2) is 30.3 Å². The van der Waals surface area contributed by atoms with Gasteiger partial charge >= 0.3 is 12.1 Å². The zero-order valence-corrected chi connectivity index (χ0v) is 23.1. The summed E-state index contributed by atoms with van der Waals surface area (Å²) >= 11 is 0. The number of amides is 1. The summed E-state index contributed by atoms with van der Waals surface area (Å²) in [6.07, 6.45) is -1.48. The molecule has 0 unspecified atom stereocenters. The van der Waals surface area contributed by atoms with Crippen molar-refractivity contribution in [3.05, 3.63) is 35.9 Å². The van der Waals surface area contributed by atoms with Crippen molar-refractivity contribution in [2.75, 3.05) is 26.4 Å². The van der Waals surface area contributed by atoms with Gasteiger partial charge in [0, 0.05) is 12.5 Å². The van der Waals surface area contributed by atoms with E-state index in [0.29, 0.717) is 19.8 Å². The Morgan fingerprint density at radius 1 is 1.11 bits per heavy atom. The Balaban J connectivity index is 1.76. The molecular weight excluding hydrogens is 466 g/mol. The predicted molar refractivity (Wildman–Crippen MR) is 134 cm³/mol. The zero-order valence-electron chi connectivity index (χ0n) is 22.1. The van der Waals surface area contributed by atoms with E-state index in [9.17, 15) is 9.59 Å². The van der Waals surface area contributed by atoms with E-state index in [1.807, 2.05) is 30.3 Å². The van der Waals surface area contributed by atoms with E-state index >= 15 is 0 Å². The summed E-state index contributed by atoms with van der Waals surface area (Å²) in [7, 11) is -2.03. The van der Waals surface area contributed by atoms with Gasteiger partial charge in [-0.25, -0.2) is 4.79 Å². The fourth-order valence-corrected chi connectivity index (χ4v) is 5.19. The summed E-state index contributed by atoms with van der Waals surface area (Å²) in [4.78, 5) is 27.0.